The first-order chi connectivity index (χ1) is 28.1. The molecule has 2 saturated carbocycles. The largest absolute Gasteiger partial charge is 0.390 e. The van der Waals surface area contributed by atoms with Crippen molar-refractivity contribution in [3.8, 4) is 0 Å². The normalized spacial score (nSPS) is 25.7. The molecule has 318 valence electrons. The zero-order valence-electron chi connectivity index (χ0n) is 34.5. The number of piperazine rings is 1. The number of nitrogens with one attached hydrogen (secondary N) is 1. The summed E-state index contributed by atoms with van der Waals surface area (Å²) < 4.78 is 34.0. The van der Waals surface area contributed by atoms with Gasteiger partial charge in [-0.15, -0.1) is 0 Å². The number of carbonyl (C=O) groups excluding carboxylic acids is 1. The van der Waals surface area contributed by atoms with E-state index >= 15 is 0 Å². The lowest BCUT2D eigenvalue weighted by atomic mass is 9.59. The first-order valence-electron chi connectivity index (χ1n) is 21.3. The van der Waals surface area contributed by atoms with Crippen LogP contribution in [0.4, 0.5) is 17.2 Å². The van der Waals surface area contributed by atoms with Gasteiger partial charge in [0, 0.05) is 69.3 Å². The summed E-state index contributed by atoms with van der Waals surface area (Å²) in [6.07, 6.45) is 8.09. The van der Waals surface area contributed by atoms with Crippen LogP contribution in [0, 0.1) is 21.4 Å². The van der Waals surface area contributed by atoms with Crippen LogP contribution in [0.3, 0.4) is 0 Å². The molecule has 5 fully saturated rings. The number of nitrogens with zero attached hydrogens (tertiary/aromatic N) is 5. The fraction of sp³-hybridized carbons (Fsp3) is 0.591. The molecule has 3 aliphatic heterocycles. The Morgan fingerprint density at radius 2 is 1.75 bits per heavy atom. The third-order valence-corrected chi connectivity index (χ3v) is 15.9. The van der Waals surface area contributed by atoms with E-state index in [9.17, 15) is 28.4 Å². The average molecular weight is 830 g/mol. The van der Waals surface area contributed by atoms with Gasteiger partial charge in [0.1, 0.15) is 0 Å². The number of anilines is 2. The van der Waals surface area contributed by atoms with E-state index in [2.05, 4.69) is 63.1 Å². The first-order valence-corrected chi connectivity index (χ1v) is 22.8. The van der Waals surface area contributed by atoms with Crippen LogP contribution in [0.1, 0.15) is 106 Å². The van der Waals surface area contributed by atoms with Crippen molar-refractivity contribution < 1.29 is 28.0 Å². The predicted octanol–water partition coefficient (Wildman–Crippen LogP) is 5.90. The Hall–Kier alpha value is -4.15. The van der Waals surface area contributed by atoms with E-state index in [1.807, 2.05) is 6.92 Å². The summed E-state index contributed by atoms with van der Waals surface area (Å²) in [6.45, 7) is 13.0. The summed E-state index contributed by atoms with van der Waals surface area (Å²) in [6, 6.07) is 16.0. The second-order valence-corrected chi connectivity index (χ2v) is 20.4. The number of pyridine rings is 1. The van der Waals surface area contributed by atoms with Crippen LogP contribution in [-0.2, 0) is 14.6 Å². The number of amides is 1. The van der Waals surface area contributed by atoms with Gasteiger partial charge in [0.15, 0.2) is 0 Å². The molecule has 0 radical (unpaired) electrons. The number of nitrogens with two attached hydrogens (primary N) is 1. The lowest BCUT2D eigenvalue weighted by Gasteiger charge is -2.59. The number of carbonyl (C=O) groups is 1. The summed E-state index contributed by atoms with van der Waals surface area (Å²) in [4.78, 5) is 35.2. The molecule has 1 aromatic heterocycles. The van der Waals surface area contributed by atoms with Crippen molar-refractivity contribution in [1.82, 2.24) is 14.8 Å². The third-order valence-electron chi connectivity index (χ3n) is 14.2. The minimum atomic E-state index is -4.44. The number of piperidine rings is 1. The first kappa shape index (κ1) is 41.6. The van der Waals surface area contributed by atoms with Gasteiger partial charge in [-0.3, -0.25) is 24.7 Å². The van der Waals surface area contributed by atoms with Crippen molar-refractivity contribution in [1.29, 1.82) is 0 Å². The number of aromatic nitrogens is 1. The monoisotopic (exact) mass is 829 g/mol. The lowest BCUT2D eigenvalue weighted by molar-refractivity contribution is -0.384. The fourth-order valence-corrected chi connectivity index (χ4v) is 11.8. The molecule has 2 aliphatic carbocycles. The van der Waals surface area contributed by atoms with E-state index in [1.165, 1.54) is 23.3 Å². The molecular formula is C44H59N7O7S. The van der Waals surface area contributed by atoms with Gasteiger partial charge in [-0.1, -0.05) is 38.1 Å². The minimum absolute atomic E-state index is 0.0300. The van der Waals surface area contributed by atoms with Crippen LogP contribution in [0.5, 0.6) is 0 Å². The highest BCUT2D eigenvalue weighted by atomic mass is 32.2. The van der Waals surface area contributed by atoms with Gasteiger partial charge in [0.2, 0.25) is 21.6 Å². The second kappa shape index (κ2) is 16.4. The number of rotatable bonds is 12. The van der Waals surface area contributed by atoms with Crippen LogP contribution in [-0.4, -0.2) is 109 Å². The van der Waals surface area contributed by atoms with Crippen LogP contribution in [0.15, 0.2) is 64.5 Å². The zero-order chi connectivity index (χ0) is 41.7. The number of primary amides is 1. The molecule has 1 atom stereocenters. The molecule has 3 aromatic rings. The van der Waals surface area contributed by atoms with Gasteiger partial charge in [-0.25, -0.2) is 13.4 Å². The van der Waals surface area contributed by atoms with Crippen molar-refractivity contribution in [2.75, 3.05) is 62.7 Å². The highest BCUT2D eigenvalue weighted by Crippen LogP contribution is 2.53. The van der Waals surface area contributed by atoms with Gasteiger partial charge in [0.05, 0.1) is 45.1 Å². The van der Waals surface area contributed by atoms with Gasteiger partial charge in [-0.2, -0.15) is 0 Å². The van der Waals surface area contributed by atoms with Crippen molar-refractivity contribution in [2.45, 2.75) is 112 Å². The number of ether oxygens (including phenoxy) is 1. The molecule has 4 N–H and O–H groups in total. The standard InChI is InChI=1S/C44H59N7O7S/c1-29(2)35-6-4-5-7-36(35)39-26-49(33-27-58-28-33)18-19-50(39)32-22-44(23-32)14-16-48(17-15-44)31-8-9-37(41(45)52)40(20-31)59(56,57)34-21-38(51(54)55)42(47-25-34)46-24-30-10-12-43(3,53)13-11-30/h4-9,20-21,25,29-30,32-33,39,53H,10-19,22-24,26-28H2,1-3H3,(H2,45,52)(H,46,47)/t30?,39-,43?/m0/s1. The summed E-state index contributed by atoms with van der Waals surface area (Å²) in [5.74, 6) is -0.306. The third kappa shape index (κ3) is 8.46. The molecule has 5 aliphatic rings. The Kier molecular flexibility index (Phi) is 11.5. The number of hydrogen-bond donors (Lipinski definition) is 3. The van der Waals surface area contributed by atoms with Crippen molar-refractivity contribution in [3.63, 3.8) is 0 Å². The van der Waals surface area contributed by atoms with Gasteiger partial charge in [0.25, 0.3) is 0 Å². The molecule has 14 nitrogen and oxygen atoms in total. The number of sulfone groups is 1. The molecule has 0 unspecified atom stereocenters. The van der Waals surface area contributed by atoms with Gasteiger partial charge >= 0.3 is 5.69 Å². The van der Waals surface area contributed by atoms with E-state index < -0.39 is 36.9 Å². The molecule has 0 bridgehead atoms. The second-order valence-electron chi connectivity index (χ2n) is 18.4. The Morgan fingerprint density at radius 1 is 1.03 bits per heavy atom. The smallest absolute Gasteiger partial charge is 0.312 e. The Bertz CT molecular complexity index is 2150. The van der Waals surface area contributed by atoms with Crippen LogP contribution < -0.4 is 16.0 Å². The summed E-state index contributed by atoms with van der Waals surface area (Å²) >= 11 is 0. The predicted molar refractivity (Wildman–Crippen MR) is 225 cm³/mol. The van der Waals surface area contributed by atoms with Crippen molar-refractivity contribution in [2.24, 2.45) is 17.1 Å². The van der Waals surface area contributed by atoms with E-state index in [-0.39, 0.29) is 27.6 Å². The topological polar surface area (TPSA) is 184 Å². The Labute approximate surface area is 347 Å². The molecule has 8 rings (SSSR count). The zero-order valence-corrected chi connectivity index (χ0v) is 35.3. The molecule has 15 heteroatoms. The van der Waals surface area contributed by atoms with E-state index in [0.29, 0.717) is 49.1 Å². The maximum absolute atomic E-state index is 14.2. The average Bonchev–Trinajstić information content (AvgIpc) is 3.18. The fourth-order valence-electron chi connectivity index (χ4n) is 10.3. The van der Waals surface area contributed by atoms with Crippen molar-refractivity contribution >= 4 is 32.9 Å². The van der Waals surface area contributed by atoms with E-state index in [4.69, 9.17) is 10.5 Å². The van der Waals surface area contributed by atoms with Crippen LogP contribution in [0.25, 0.3) is 0 Å². The highest BCUT2D eigenvalue weighted by molar-refractivity contribution is 7.91. The van der Waals surface area contributed by atoms with E-state index in [1.54, 1.807) is 6.07 Å². The molecule has 59 heavy (non-hydrogen) atoms. The van der Waals surface area contributed by atoms with Crippen LogP contribution in [0.2, 0.25) is 0 Å². The lowest BCUT2D eigenvalue weighted by Crippen LogP contribution is -2.62. The highest BCUT2D eigenvalue weighted by Gasteiger charge is 2.50. The SMILES string of the molecule is CC(C)c1ccccc1[C@@H]1CN(C2COC2)CCN1C1CC2(CCN(c3ccc(C(N)=O)c(S(=O)(=O)c4cnc(NCC5CCC(C)(O)CC5)c([N+](=O)[O-])c4)c3)CC2)C1. The van der Waals surface area contributed by atoms with Gasteiger partial charge in [-0.05, 0) is 105 Å². The summed E-state index contributed by atoms with van der Waals surface area (Å²) in [5, 5.41) is 25.5. The molecular weight excluding hydrogens is 771 g/mol. The number of nitro groups is 1. The Balaban J connectivity index is 0.955. The maximum Gasteiger partial charge on any atom is 0.312 e. The maximum atomic E-state index is 14.2. The molecule has 1 amide bonds. The summed E-state index contributed by atoms with van der Waals surface area (Å²) in [5.41, 5.74) is 8.09. The number of hydrogen-bond acceptors (Lipinski definition) is 12. The Morgan fingerprint density at radius 3 is 2.39 bits per heavy atom. The van der Waals surface area contributed by atoms with E-state index in [0.717, 1.165) is 96.7 Å². The quantitative estimate of drug-likeness (QED) is 0.145. The molecule has 3 saturated heterocycles. The summed E-state index contributed by atoms with van der Waals surface area (Å²) in [7, 11) is -4.44. The van der Waals surface area contributed by atoms with Gasteiger partial charge < -0.3 is 25.8 Å². The minimum Gasteiger partial charge on any atom is -0.390 e. The number of benzene rings is 2. The van der Waals surface area contributed by atoms with Crippen LogP contribution >= 0.6 is 0 Å². The molecule has 1 spiro atoms. The number of aliphatic hydroxyl groups is 1. The molecule has 2 aromatic carbocycles. The van der Waals surface area contributed by atoms with Crippen molar-refractivity contribution in [3.05, 3.63) is 81.5 Å². The molecule has 4 heterocycles.